The maximum atomic E-state index is 11.8. The van der Waals surface area contributed by atoms with E-state index in [0.717, 1.165) is 17.5 Å². The maximum Gasteiger partial charge on any atom is 0.164 e. The molecule has 3 rings (SSSR count). The molecule has 0 unspecified atom stereocenters. The minimum atomic E-state index is -0.133. The average molecular weight is 302 g/mol. The smallest absolute Gasteiger partial charge is 0.164 e. The van der Waals surface area contributed by atoms with Gasteiger partial charge in [0.2, 0.25) is 0 Å². The lowest BCUT2D eigenvalue weighted by atomic mass is 9.95. The highest BCUT2D eigenvalue weighted by molar-refractivity contribution is 6.03. The summed E-state index contributed by atoms with van der Waals surface area (Å²) in [5.74, 6) is -0.102. The van der Waals surface area contributed by atoms with Crippen molar-refractivity contribution in [3.63, 3.8) is 0 Å². The predicted octanol–water partition coefficient (Wildman–Crippen LogP) is 4.85. The van der Waals surface area contributed by atoms with E-state index in [9.17, 15) is 9.90 Å². The minimum Gasteiger partial charge on any atom is -0.507 e. The van der Waals surface area contributed by atoms with Crippen molar-refractivity contribution in [2.45, 2.75) is 13.3 Å². The number of hydrogen-bond donors (Lipinski definition) is 1. The van der Waals surface area contributed by atoms with Crippen LogP contribution in [0.5, 0.6) is 5.75 Å². The van der Waals surface area contributed by atoms with E-state index < -0.39 is 0 Å². The Hall–Kier alpha value is -2.87. The lowest BCUT2D eigenvalue weighted by molar-refractivity contribution is 0.101. The second-order valence-corrected chi connectivity index (χ2v) is 5.62. The van der Waals surface area contributed by atoms with Gasteiger partial charge in [-0.15, -0.1) is 0 Å². The fourth-order valence-electron chi connectivity index (χ4n) is 2.78. The molecular weight excluding hydrogens is 284 g/mol. The molecule has 1 N–H and O–H groups in total. The van der Waals surface area contributed by atoms with Crippen molar-refractivity contribution in [3.05, 3.63) is 89.5 Å². The first-order valence-corrected chi connectivity index (χ1v) is 7.61. The van der Waals surface area contributed by atoms with Gasteiger partial charge in [0.15, 0.2) is 5.78 Å². The second kappa shape index (κ2) is 6.49. The number of carbonyl (C=O) groups is 1. The molecule has 0 aromatic heterocycles. The van der Waals surface area contributed by atoms with Crippen molar-refractivity contribution < 1.29 is 9.90 Å². The molecule has 2 heteroatoms. The van der Waals surface area contributed by atoms with Crippen LogP contribution < -0.4 is 0 Å². The number of ketones is 1. The number of aromatic hydroxyl groups is 1. The Morgan fingerprint density at radius 2 is 1.48 bits per heavy atom. The van der Waals surface area contributed by atoms with Crippen molar-refractivity contribution in [3.8, 4) is 16.9 Å². The summed E-state index contributed by atoms with van der Waals surface area (Å²) in [7, 11) is 0. The second-order valence-electron chi connectivity index (χ2n) is 5.62. The Morgan fingerprint density at radius 3 is 2.13 bits per heavy atom. The van der Waals surface area contributed by atoms with E-state index in [1.54, 1.807) is 12.1 Å². The Balaban J connectivity index is 1.91. The molecule has 0 aliphatic rings. The first-order chi connectivity index (χ1) is 11.1. The fraction of sp³-hybridized carbons (Fsp3) is 0.0952. The summed E-state index contributed by atoms with van der Waals surface area (Å²) in [6.07, 6.45) is 0.876. The molecule has 0 fully saturated rings. The van der Waals surface area contributed by atoms with Gasteiger partial charge in [0, 0.05) is 0 Å². The molecule has 2 nitrogen and oxygen atoms in total. The third-order valence-corrected chi connectivity index (χ3v) is 3.91. The molecule has 0 spiro atoms. The van der Waals surface area contributed by atoms with Crippen LogP contribution >= 0.6 is 0 Å². The lowest BCUT2D eigenvalue weighted by Gasteiger charge is -2.10. The zero-order chi connectivity index (χ0) is 16.2. The summed E-state index contributed by atoms with van der Waals surface area (Å²) in [5, 5.41) is 9.95. The Kier molecular flexibility index (Phi) is 4.24. The van der Waals surface area contributed by atoms with E-state index in [-0.39, 0.29) is 11.5 Å². The molecule has 0 saturated carbocycles. The number of phenolic OH excluding ortho intramolecular Hbond substituents is 1. The van der Waals surface area contributed by atoms with Gasteiger partial charge in [-0.1, -0.05) is 66.7 Å². The van der Waals surface area contributed by atoms with Crippen LogP contribution in [0, 0.1) is 0 Å². The molecule has 0 bridgehead atoms. The molecule has 3 aromatic carbocycles. The normalized spacial score (nSPS) is 10.5. The van der Waals surface area contributed by atoms with E-state index in [1.165, 1.54) is 18.1 Å². The molecule has 0 atom stereocenters. The van der Waals surface area contributed by atoms with Crippen molar-refractivity contribution in [1.29, 1.82) is 0 Å². The van der Waals surface area contributed by atoms with Crippen molar-refractivity contribution in [2.75, 3.05) is 0 Å². The number of hydrogen-bond acceptors (Lipinski definition) is 2. The van der Waals surface area contributed by atoms with Crippen molar-refractivity contribution in [1.82, 2.24) is 0 Å². The Bertz CT molecular complexity index is 818. The van der Waals surface area contributed by atoms with Crippen molar-refractivity contribution in [2.24, 2.45) is 0 Å². The maximum absolute atomic E-state index is 11.8. The number of Topliss-reactive ketones (excluding diaryl/α,β-unsaturated/α-hetero) is 1. The molecule has 3 aromatic rings. The van der Waals surface area contributed by atoms with Crippen LogP contribution in [0.3, 0.4) is 0 Å². The Labute approximate surface area is 136 Å². The topological polar surface area (TPSA) is 37.3 Å². The van der Waals surface area contributed by atoms with Crippen LogP contribution in [0.15, 0.2) is 72.8 Å². The van der Waals surface area contributed by atoms with Gasteiger partial charge in [-0.25, -0.2) is 0 Å². The quantitative estimate of drug-likeness (QED) is 0.699. The van der Waals surface area contributed by atoms with E-state index in [0.29, 0.717) is 5.56 Å². The van der Waals surface area contributed by atoms with Gasteiger partial charge in [0.25, 0.3) is 0 Å². The monoisotopic (exact) mass is 302 g/mol. The summed E-state index contributed by atoms with van der Waals surface area (Å²) >= 11 is 0. The molecule has 0 saturated heterocycles. The number of carbonyl (C=O) groups excluding carboxylic acids is 1. The standard InChI is InChI=1S/C21H18O2/c1-15(22)21-19(8-5-9-20(21)23)18-12-10-17(11-13-18)14-16-6-3-2-4-7-16/h2-13,23H,14H2,1H3. The SMILES string of the molecule is CC(=O)c1c(O)cccc1-c1ccc(Cc2ccccc2)cc1. The molecule has 114 valence electrons. The van der Waals surface area contributed by atoms with Gasteiger partial charge in [0.05, 0.1) is 5.56 Å². The van der Waals surface area contributed by atoms with Crippen LogP contribution in [0.2, 0.25) is 0 Å². The number of rotatable bonds is 4. The molecule has 0 heterocycles. The van der Waals surface area contributed by atoms with E-state index in [2.05, 4.69) is 24.3 Å². The lowest BCUT2D eigenvalue weighted by Crippen LogP contribution is -1.97. The molecular formula is C21H18O2. The first-order valence-electron chi connectivity index (χ1n) is 7.61. The molecule has 0 aliphatic carbocycles. The van der Waals surface area contributed by atoms with Crippen LogP contribution in [-0.2, 0) is 6.42 Å². The zero-order valence-corrected chi connectivity index (χ0v) is 13.0. The summed E-state index contributed by atoms with van der Waals surface area (Å²) in [5.41, 5.74) is 4.56. The van der Waals surface area contributed by atoms with Crippen LogP contribution in [0.1, 0.15) is 28.4 Å². The zero-order valence-electron chi connectivity index (χ0n) is 13.0. The highest BCUT2D eigenvalue weighted by Gasteiger charge is 2.13. The fourth-order valence-corrected chi connectivity index (χ4v) is 2.78. The molecule has 0 radical (unpaired) electrons. The van der Waals surface area contributed by atoms with Gasteiger partial charge in [-0.05, 0) is 41.7 Å². The van der Waals surface area contributed by atoms with Crippen LogP contribution in [0.4, 0.5) is 0 Å². The molecule has 0 aliphatic heterocycles. The summed E-state index contributed by atoms with van der Waals surface area (Å²) in [4.78, 5) is 11.8. The summed E-state index contributed by atoms with van der Waals surface area (Å²) < 4.78 is 0. The van der Waals surface area contributed by atoms with Gasteiger partial charge in [0.1, 0.15) is 5.75 Å². The summed E-state index contributed by atoms with van der Waals surface area (Å²) in [6, 6.07) is 23.6. The summed E-state index contributed by atoms with van der Waals surface area (Å²) in [6.45, 7) is 1.47. The van der Waals surface area contributed by atoms with Gasteiger partial charge in [-0.2, -0.15) is 0 Å². The first kappa shape index (κ1) is 15.0. The molecule has 0 amide bonds. The van der Waals surface area contributed by atoms with Crippen molar-refractivity contribution >= 4 is 5.78 Å². The van der Waals surface area contributed by atoms with E-state index >= 15 is 0 Å². The number of phenols is 1. The van der Waals surface area contributed by atoms with Gasteiger partial charge >= 0.3 is 0 Å². The predicted molar refractivity (Wildman–Crippen MR) is 92.8 cm³/mol. The van der Waals surface area contributed by atoms with E-state index in [1.807, 2.05) is 36.4 Å². The third-order valence-electron chi connectivity index (χ3n) is 3.91. The molecule has 23 heavy (non-hydrogen) atoms. The highest BCUT2D eigenvalue weighted by atomic mass is 16.3. The third kappa shape index (κ3) is 3.32. The largest absolute Gasteiger partial charge is 0.507 e. The van der Waals surface area contributed by atoms with Crippen LogP contribution in [-0.4, -0.2) is 10.9 Å². The highest BCUT2D eigenvalue weighted by Crippen LogP contribution is 2.30. The van der Waals surface area contributed by atoms with Crippen LogP contribution in [0.25, 0.3) is 11.1 Å². The van der Waals surface area contributed by atoms with Gasteiger partial charge in [-0.3, -0.25) is 4.79 Å². The van der Waals surface area contributed by atoms with E-state index in [4.69, 9.17) is 0 Å². The number of benzene rings is 3. The van der Waals surface area contributed by atoms with Gasteiger partial charge < -0.3 is 5.11 Å². The minimum absolute atomic E-state index is 0.0309. The Morgan fingerprint density at radius 1 is 0.826 bits per heavy atom. The average Bonchev–Trinajstić information content (AvgIpc) is 2.56.